The van der Waals surface area contributed by atoms with E-state index in [1.54, 1.807) is 0 Å². The average Bonchev–Trinajstić information content (AvgIpc) is 2.31. The lowest BCUT2D eigenvalue weighted by Crippen LogP contribution is -2.51. The number of benzene rings is 1. The Labute approximate surface area is 107 Å². The van der Waals surface area contributed by atoms with Gasteiger partial charge in [-0.1, -0.05) is 6.92 Å². The zero-order valence-electron chi connectivity index (χ0n) is 10.9. The third kappa shape index (κ3) is 2.48. The predicted octanol–water partition coefficient (Wildman–Crippen LogP) is 2.45. The molecule has 0 saturated carbocycles. The highest BCUT2D eigenvalue weighted by Gasteiger charge is 2.44. The Bertz CT molecular complexity index is 404. The maximum atomic E-state index is 12.1. The number of ether oxygens (including phenoxy) is 2. The fourth-order valence-corrected chi connectivity index (χ4v) is 1.91. The molecule has 18 heavy (non-hydrogen) atoms. The van der Waals surface area contributed by atoms with Gasteiger partial charge in [-0.3, -0.25) is 4.79 Å². The van der Waals surface area contributed by atoms with Gasteiger partial charge >= 0.3 is 0 Å². The molecule has 1 fully saturated rings. The van der Waals surface area contributed by atoms with E-state index in [9.17, 15) is 4.79 Å². The first kappa shape index (κ1) is 12.9. The first-order valence-corrected chi connectivity index (χ1v) is 6.32. The summed E-state index contributed by atoms with van der Waals surface area (Å²) in [6, 6.07) is 7.42. The van der Waals surface area contributed by atoms with Crippen molar-refractivity contribution >= 4 is 11.6 Å². The summed E-state index contributed by atoms with van der Waals surface area (Å²) in [7, 11) is 0. The van der Waals surface area contributed by atoms with Gasteiger partial charge in [-0.05, 0) is 37.6 Å². The number of rotatable bonds is 5. The van der Waals surface area contributed by atoms with E-state index in [1.807, 2.05) is 38.1 Å². The maximum absolute atomic E-state index is 12.1. The van der Waals surface area contributed by atoms with Gasteiger partial charge in [-0.2, -0.15) is 0 Å². The Balaban J connectivity index is 1.98. The van der Waals surface area contributed by atoms with E-state index in [1.165, 1.54) is 0 Å². The van der Waals surface area contributed by atoms with Crippen LogP contribution in [0.4, 0.5) is 5.69 Å². The second-order valence-electron chi connectivity index (χ2n) is 4.54. The van der Waals surface area contributed by atoms with Gasteiger partial charge in [-0.25, -0.2) is 0 Å². The molecule has 1 aliphatic heterocycles. The highest BCUT2D eigenvalue weighted by Crippen LogP contribution is 2.32. The van der Waals surface area contributed by atoms with Gasteiger partial charge in [0.1, 0.15) is 5.75 Å². The fraction of sp³-hybridized carbons (Fsp3) is 0.500. The zero-order chi connectivity index (χ0) is 13.0. The second kappa shape index (κ2) is 5.40. The minimum absolute atomic E-state index is 0.0420. The normalized spacial score (nSPS) is 16.8. The minimum Gasteiger partial charge on any atom is -0.494 e. The Hall–Kier alpha value is -1.55. The lowest BCUT2D eigenvalue weighted by atomic mass is 9.82. The Morgan fingerprint density at radius 2 is 2.00 bits per heavy atom. The van der Waals surface area contributed by atoms with Gasteiger partial charge in [0.15, 0.2) is 0 Å². The molecule has 0 aliphatic carbocycles. The van der Waals surface area contributed by atoms with Crippen molar-refractivity contribution in [2.75, 3.05) is 25.1 Å². The van der Waals surface area contributed by atoms with Gasteiger partial charge in [0.05, 0.1) is 25.2 Å². The molecule has 0 unspecified atom stereocenters. The summed E-state index contributed by atoms with van der Waals surface area (Å²) in [4.78, 5) is 12.1. The third-order valence-corrected chi connectivity index (χ3v) is 3.34. The lowest BCUT2D eigenvalue weighted by Gasteiger charge is -2.38. The predicted molar refractivity (Wildman–Crippen MR) is 69.8 cm³/mol. The molecule has 1 amide bonds. The van der Waals surface area contributed by atoms with Crippen molar-refractivity contribution in [1.82, 2.24) is 0 Å². The van der Waals surface area contributed by atoms with Gasteiger partial charge in [0, 0.05) is 5.69 Å². The molecule has 1 aromatic carbocycles. The third-order valence-electron chi connectivity index (χ3n) is 3.34. The maximum Gasteiger partial charge on any atom is 0.235 e. The molecule has 0 radical (unpaired) electrons. The number of amides is 1. The molecule has 1 heterocycles. The average molecular weight is 249 g/mol. The molecular weight excluding hydrogens is 230 g/mol. The molecule has 0 spiro atoms. The van der Waals surface area contributed by atoms with Gasteiger partial charge < -0.3 is 14.8 Å². The van der Waals surface area contributed by atoms with E-state index < -0.39 is 0 Å². The number of carbonyl (C=O) groups excluding carboxylic acids is 1. The van der Waals surface area contributed by atoms with Crippen LogP contribution in [0.3, 0.4) is 0 Å². The lowest BCUT2D eigenvalue weighted by molar-refractivity contribution is -0.156. The van der Waals surface area contributed by atoms with Crippen LogP contribution in [0.2, 0.25) is 0 Å². The van der Waals surface area contributed by atoms with Crippen LogP contribution in [-0.2, 0) is 9.53 Å². The standard InChI is InChI=1S/C14H19NO3/c1-3-14(9-17-10-14)13(16)15-11-5-7-12(8-6-11)18-4-2/h5-8H,3-4,9-10H2,1-2H3,(H,15,16). The fourth-order valence-electron chi connectivity index (χ4n) is 1.91. The summed E-state index contributed by atoms with van der Waals surface area (Å²) >= 11 is 0. The Kier molecular flexibility index (Phi) is 3.87. The van der Waals surface area contributed by atoms with Crippen molar-refractivity contribution in [2.24, 2.45) is 5.41 Å². The van der Waals surface area contributed by atoms with E-state index >= 15 is 0 Å². The molecule has 1 saturated heterocycles. The summed E-state index contributed by atoms with van der Waals surface area (Å²) in [6.07, 6.45) is 0.801. The SMILES string of the molecule is CCOc1ccc(NC(=O)C2(CC)COC2)cc1. The molecule has 0 bridgehead atoms. The molecule has 0 atom stereocenters. The van der Waals surface area contributed by atoms with Crippen molar-refractivity contribution < 1.29 is 14.3 Å². The molecule has 4 nitrogen and oxygen atoms in total. The van der Waals surface area contributed by atoms with Crippen LogP contribution in [0.5, 0.6) is 5.75 Å². The van der Waals surface area contributed by atoms with Crippen molar-refractivity contribution in [3.63, 3.8) is 0 Å². The molecule has 1 N–H and O–H groups in total. The topological polar surface area (TPSA) is 47.6 Å². The first-order valence-electron chi connectivity index (χ1n) is 6.32. The molecule has 1 aromatic rings. The van der Waals surface area contributed by atoms with Gasteiger partial charge in [0.2, 0.25) is 5.91 Å². The number of nitrogens with one attached hydrogen (secondary N) is 1. The zero-order valence-corrected chi connectivity index (χ0v) is 10.9. The summed E-state index contributed by atoms with van der Waals surface area (Å²) in [5, 5.41) is 2.93. The number of hydrogen-bond acceptors (Lipinski definition) is 3. The monoisotopic (exact) mass is 249 g/mol. The van der Waals surface area contributed by atoms with E-state index in [2.05, 4.69) is 5.32 Å². The van der Waals surface area contributed by atoms with Crippen LogP contribution in [-0.4, -0.2) is 25.7 Å². The number of anilines is 1. The number of hydrogen-bond donors (Lipinski definition) is 1. The van der Waals surface area contributed by atoms with Crippen LogP contribution < -0.4 is 10.1 Å². The molecule has 0 aromatic heterocycles. The summed E-state index contributed by atoms with van der Waals surface area (Å²) in [5.74, 6) is 0.855. The van der Waals surface area contributed by atoms with Crippen molar-refractivity contribution in [1.29, 1.82) is 0 Å². The van der Waals surface area contributed by atoms with Crippen LogP contribution in [0.1, 0.15) is 20.3 Å². The molecule has 4 heteroatoms. The van der Waals surface area contributed by atoms with Gasteiger partial charge in [0.25, 0.3) is 0 Å². The van der Waals surface area contributed by atoms with Crippen molar-refractivity contribution in [2.45, 2.75) is 20.3 Å². The Morgan fingerprint density at radius 3 is 2.44 bits per heavy atom. The van der Waals surface area contributed by atoms with E-state index in [0.29, 0.717) is 19.8 Å². The molecule has 98 valence electrons. The van der Waals surface area contributed by atoms with Crippen LogP contribution in [0.25, 0.3) is 0 Å². The van der Waals surface area contributed by atoms with Gasteiger partial charge in [-0.15, -0.1) is 0 Å². The summed E-state index contributed by atoms with van der Waals surface area (Å²) in [5.41, 5.74) is 0.460. The van der Waals surface area contributed by atoms with E-state index in [-0.39, 0.29) is 11.3 Å². The molecule has 1 aliphatic rings. The molecule has 2 rings (SSSR count). The summed E-state index contributed by atoms with van der Waals surface area (Å²) in [6.45, 7) is 5.64. The highest BCUT2D eigenvalue weighted by atomic mass is 16.5. The smallest absolute Gasteiger partial charge is 0.235 e. The largest absolute Gasteiger partial charge is 0.494 e. The highest BCUT2D eigenvalue weighted by molar-refractivity contribution is 5.96. The second-order valence-corrected chi connectivity index (χ2v) is 4.54. The van der Waals surface area contributed by atoms with Crippen LogP contribution in [0, 0.1) is 5.41 Å². The minimum atomic E-state index is -0.335. The van der Waals surface area contributed by atoms with Crippen LogP contribution >= 0.6 is 0 Å². The van der Waals surface area contributed by atoms with E-state index in [4.69, 9.17) is 9.47 Å². The molecular formula is C14H19NO3. The van der Waals surface area contributed by atoms with Crippen molar-refractivity contribution in [3.8, 4) is 5.75 Å². The van der Waals surface area contributed by atoms with Crippen LogP contribution in [0.15, 0.2) is 24.3 Å². The first-order chi connectivity index (χ1) is 8.70. The summed E-state index contributed by atoms with van der Waals surface area (Å²) < 4.78 is 10.5. The van der Waals surface area contributed by atoms with Crippen molar-refractivity contribution in [3.05, 3.63) is 24.3 Å². The van der Waals surface area contributed by atoms with E-state index in [0.717, 1.165) is 17.9 Å². The number of carbonyl (C=O) groups is 1. The quantitative estimate of drug-likeness (QED) is 0.872. The Morgan fingerprint density at radius 1 is 1.33 bits per heavy atom.